The van der Waals surface area contributed by atoms with Crippen LogP contribution in [0, 0.1) is 22.3 Å². The second-order valence-electron chi connectivity index (χ2n) is 8.86. The van der Waals surface area contributed by atoms with E-state index in [0.717, 1.165) is 54.2 Å². The van der Waals surface area contributed by atoms with Crippen LogP contribution in [0.25, 0.3) is 64.6 Å². The number of hydrogen-bond donors (Lipinski definition) is 2. The van der Waals surface area contributed by atoms with Crippen molar-refractivity contribution in [3.63, 3.8) is 0 Å². The van der Waals surface area contributed by atoms with Gasteiger partial charge in [0.1, 0.15) is 0 Å². The fourth-order valence-corrected chi connectivity index (χ4v) is 5.87. The molecule has 0 aliphatic rings. The SMILES string of the molecule is O=c1c2ccccc2c2cc3c(C#CS)c4cc5c(=O)c6ccccc6c5cc4c(C#CS)c3cc12. The van der Waals surface area contributed by atoms with E-state index in [1.807, 2.05) is 72.8 Å². The van der Waals surface area contributed by atoms with Gasteiger partial charge in [-0.3, -0.25) is 9.59 Å². The van der Waals surface area contributed by atoms with Crippen molar-refractivity contribution in [3.05, 3.63) is 104 Å². The summed E-state index contributed by atoms with van der Waals surface area (Å²) in [5.74, 6) is 6.33. The van der Waals surface area contributed by atoms with Crippen LogP contribution in [-0.4, -0.2) is 0 Å². The third-order valence-corrected chi connectivity index (χ3v) is 7.39. The highest BCUT2D eigenvalue weighted by Crippen LogP contribution is 2.39. The van der Waals surface area contributed by atoms with Crippen LogP contribution in [0.15, 0.2) is 82.4 Å². The highest BCUT2D eigenvalue weighted by molar-refractivity contribution is 7.85. The van der Waals surface area contributed by atoms with Gasteiger partial charge in [-0.1, -0.05) is 85.6 Å². The summed E-state index contributed by atoms with van der Waals surface area (Å²) in [5, 5.41) is 15.1. The summed E-state index contributed by atoms with van der Waals surface area (Å²) in [6.07, 6.45) is 0. The van der Waals surface area contributed by atoms with Gasteiger partial charge in [-0.05, 0) is 67.1 Å². The smallest absolute Gasteiger partial charge is 0.194 e. The minimum atomic E-state index is 0.00249. The zero-order chi connectivity index (χ0) is 24.6. The summed E-state index contributed by atoms with van der Waals surface area (Å²) in [7, 11) is 0. The van der Waals surface area contributed by atoms with E-state index in [-0.39, 0.29) is 10.9 Å². The highest BCUT2D eigenvalue weighted by atomic mass is 32.1. The minimum absolute atomic E-state index is 0.00249. The Morgan fingerprint density at radius 3 is 1.11 bits per heavy atom. The molecule has 0 bridgehead atoms. The second kappa shape index (κ2) is 7.64. The maximum atomic E-state index is 13.3. The molecule has 0 atom stereocenters. The van der Waals surface area contributed by atoms with Gasteiger partial charge >= 0.3 is 0 Å². The molecule has 166 valence electrons. The van der Waals surface area contributed by atoms with Crippen molar-refractivity contribution in [1.29, 1.82) is 0 Å². The predicted octanol–water partition coefficient (Wildman–Crippen LogP) is 6.68. The van der Waals surface area contributed by atoms with E-state index in [9.17, 15) is 9.59 Å². The Morgan fingerprint density at radius 2 is 0.750 bits per heavy atom. The Balaban J connectivity index is 1.80. The van der Waals surface area contributed by atoms with Crippen molar-refractivity contribution in [2.45, 2.75) is 0 Å². The molecule has 0 saturated heterocycles. The van der Waals surface area contributed by atoms with Gasteiger partial charge in [0.25, 0.3) is 0 Å². The molecule has 0 saturated carbocycles. The molecule has 0 N–H and O–H groups in total. The van der Waals surface area contributed by atoms with Crippen LogP contribution in [0.4, 0.5) is 0 Å². The molecule has 0 unspecified atom stereocenters. The van der Waals surface area contributed by atoms with Crippen molar-refractivity contribution in [2.24, 2.45) is 0 Å². The quantitative estimate of drug-likeness (QED) is 0.140. The zero-order valence-electron chi connectivity index (χ0n) is 18.6. The van der Waals surface area contributed by atoms with Crippen LogP contribution >= 0.6 is 25.3 Å². The molecular weight excluding hydrogens is 480 g/mol. The van der Waals surface area contributed by atoms with Crippen LogP contribution in [-0.2, 0) is 0 Å². The average molecular weight is 495 g/mol. The van der Waals surface area contributed by atoms with Gasteiger partial charge in [0, 0.05) is 43.4 Å². The van der Waals surface area contributed by atoms with E-state index in [1.54, 1.807) is 0 Å². The Labute approximate surface area is 216 Å². The highest BCUT2D eigenvalue weighted by Gasteiger charge is 2.19. The van der Waals surface area contributed by atoms with E-state index in [2.05, 4.69) is 47.6 Å². The maximum absolute atomic E-state index is 13.3. The summed E-state index contributed by atoms with van der Waals surface area (Å²) in [6.45, 7) is 0. The molecule has 0 heterocycles. The molecule has 0 aromatic heterocycles. The van der Waals surface area contributed by atoms with E-state index in [4.69, 9.17) is 0 Å². The molecule has 0 radical (unpaired) electrons. The number of fused-ring (bicyclic) bond motifs is 8. The van der Waals surface area contributed by atoms with E-state index in [1.165, 1.54) is 0 Å². The standard InChI is InChI=1S/C32H14O2S2/c33-31-21-7-3-1-5-17(21)27-13-23-19(9-11-35)26-16-30-28(18-6-2-4-8-22(18)32(30)34)14-24(26)20(10-12-36)25(23)15-29(27)31/h1-8,13-16,35-36H. The minimum Gasteiger partial charge on any atom is -0.289 e. The molecule has 0 aliphatic carbocycles. The lowest BCUT2D eigenvalue weighted by molar-refractivity contribution is 1.77. The van der Waals surface area contributed by atoms with Gasteiger partial charge in [-0.2, -0.15) is 0 Å². The van der Waals surface area contributed by atoms with Gasteiger partial charge in [0.15, 0.2) is 10.9 Å². The first-order valence-electron chi connectivity index (χ1n) is 11.3. The van der Waals surface area contributed by atoms with Crippen LogP contribution in [0.5, 0.6) is 0 Å². The molecular formula is C32H14O2S2. The van der Waals surface area contributed by atoms with Gasteiger partial charge in [-0.25, -0.2) is 0 Å². The van der Waals surface area contributed by atoms with E-state index in [0.29, 0.717) is 21.5 Å². The monoisotopic (exact) mass is 494 g/mol. The molecule has 36 heavy (non-hydrogen) atoms. The first-order chi connectivity index (χ1) is 17.6. The molecule has 0 amide bonds. The average Bonchev–Trinajstić information content (AvgIpc) is 3.35. The van der Waals surface area contributed by atoms with Crippen molar-refractivity contribution < 1.29 is 0 Å². The lowest BCUT2D eigenvalue weighted by Gasteiger charge is -2.12. The molecule has 0 spiro atoms. The summed E-state index contributed by atoms with van der Waals surface area (Å²) in [6, 6.07) is 23.2. The van der Waals surface area contributed by atoms with E-state index < -0.39 is 0 Å². The van der Waals surface area contributed by atoms with Crippen LogP contribution in [0.1, 0.15) is 11.1 Å². The fraction of sp³-hybridized carbons (Fsp3) is 0. The van der Waals surface area contributed by atoms with Gasteiger partial charge < -0.3 is 0 Å². The Kier molecular flexibility index (Phi) is 4.48. The first kappa shape index (κ1) is 21.1. The van der Waals surface area contributed by atoms with Crippen molar-refractivity contribution in [3.8, 4) is 22.3 Å². The fourth-order valence-electron chi connectivity index (χ4n) is 5.64. The van der Waals surface area contributed by atoms with Crippen LogP contribution < -0.4 is 10.9 Å². The number of hydrogen-bond acceptors (Lipinski definition) is 4. The Morgan fingerprint density at radius 1 is 0.417 bits per heavy atom. The normalized spacial score (nSPS) is 11.4. The molecule has 7 aromatic rings. The molecule has 2 nitrogen and oxygen atoms in total. The lowest BCUT2D eigenvalue weighted by atomic mass is 9.89. The largest absolute Gasteiger partial charge is 0.289 e. The summed E-state index contributed by atoms with van der Waals surface area (Å²) in [4.78, 5) is 26.5. The van der Waals surface area contributed by atoms with Crippen LogP contribution in [0.2, 0.25) is 0 Å². The summed E-state index contributed by atoms with van der Waals surface area (Å²) in [5.41, 5.74) is 1.52. The van der Waals surface area contributed by atoms with Gasteiger partial charge in [0.05, 0.1) is 0 Å². The molecule has 0 aliphatic heterocycles. The van der Waals surface area contributed by atoms with E-state index >= 15 is 0 Å². The topological polar surface area (TPSA) is 34.1 Å². The number of thiol groups is 2. The van der Waals surface area contributed by atoms with Crippen molar-refractivity contribution in [2.75, 3.05) is 0 Å². The third kappa shape index (κ3) is 2.69. The summed E-state index contributed by atoms with van der Waals surface area (Å²) >= 11 is 8.42. The predicted molar refractivity (Wildman–Crippen MR) is 158 cm³/mol. The number of rotatable bonds is 0. The second-order valence-corrected chi connectivity index (χ2v) is 9.31. The number of benzene rings is 5. The summed E-state index contributed by atoms with van der Waals surface area (Å²) < 4.78 is 0. The molecule has 7 aromatic carbocycles. The molecule has 7 rings (SSSR count). The molecule has 0 fully saturated rings. The van der Waals surface area contributed by atoms with Gasteiger partial charge in [-0.15, -0.1) is 0 Å². The van der Waals surface area contributed by atoms with Crippen molar-refractivity contribution >= 4 is 89.9 Å². The van der Waals surface area contributed by atoms with Crippen LogP contribution in [0.3, 0.4) is 0 Å². The third-order valence-electron chi connectivity index (χ3n) is 7.17. The Bertz CT molecular complexity index is 2160. The Hall–Kier alpha value is -4.22. The van der Waals surface area contributed by atoms with Gasteiger partial charge in [0.2, 0.25) is 0 Å². The van der Waals surface area contributed by atoms with Crippen molar-refractivity contribution in [1.82, 2.24) is 0 Å². The zero-order valence-corrected chi connectivity index (χ0v) is 20.4. The maximum Gasteiger partial charge on any atom is 0.194 e. The lowest BCUT2D eigenvalue weighted by Crippen LogP contribution is -1.97. The first-order valence-corrected chi connectivity index (χ1v) is 12.2. The molecule has 4 heteroatoms.